The normalized spacial score (nSPS) is 11.5. The second-order valence-corrected chi connectivity index (χ2v) is 7.37. The van der Waals surface area contributed by atoms with Gasteiger partial charge in [-0.05, 0) is 39.2 Å². The number of fused-ring (bicyclic) bond motifs is 1. The number of rotatable bonds is 6. The summed E-state index contributed by atoms with van der Waals surface area (Å²) in [6.45, 7) is 2.42. The third-order valence-corrected chi connectivity index (χ3v) is 4.99. The van der Waals surface area contributed by atoms with Crippen molar-refractivity contribution >= 4 is 16.7 Å². The molecule has 0 aliphatic rings. The van der Waals surface area contributed by atoms with E-state index >= 15 is 0 Å². The van der Waals surface area contributed by atoms with Gasteiger partial charge >= 0.3 is 0 Å². The zero-order chi connectivity index (χ0) is 20.5. The van der Waals surface area contributed by atoms with Crippen molar-refractivity contribution < 1.29 is 13.7 Å². The molecule has 2 aromatic heterocycles. The summed E-state index contributed by atoms with van der Waals surface area (Å²) in [5, 5.41) is 4.81. The number of nitrogens with zero attached hydrogens (tertiary/aromatic N) is 2. The molecule has 0 unspecified atom stereocenters. The smallest absolute Gasteiger partial charge is 0.166 e. The largest absolute Gasteiger partial charge is 0.360 e. The van der Waals surface area contributed by atoms with Crippen LogP contribution in [0.5, 0.6) is 0 Å². The minimum atomic E-state index is -0.380. The summed E-state index contributed by atoms with van der Waals surface area (Å²) in [5.41, 5.74) is 4.06. The van der Waals surface area contributed by atoms with Gasteiger partial charge in [0.1, 0.15) is 17.3 Å². The Balaban J connectivity index is 1.94. The first-order valence-corrected chi connectivity index (χ1v) is 9.47. The molecular weight excluding hydrogens is 369 g/mol. The lowest BCUT2D eigenvalue weighted by Gasteiger charge is -2.10. The Labute approximate surface area is 168 Å². The van der Waals surface area contributed by atoms with E-state index in [-0.39, 0.29) is 11.6 Å². The van der Waals surface area contributed by atoms with Crippen LogP contribution in [0.1, 0.15) is 22.5 Å². The maximum atomic E-state index is 14.0. The van der Waals surface area contributed by atoms with E-state index in [0.29, 0.717) is 46.6 Å². The van der Waals surface area contributed by atoms with Crippen molar-refractivity contribution in [2.75, 3.05) is 20.6 Å². The predicted octanol–water partition coefficient (Wildman–Crippen LogP) is 5.07. The van der Waals surface area contributed by atoms with Crippen LogP contribution in [0.25, 0.3) is 33.4 Å². The average Bonchev–Trinajstić information content (AvgIpc) is 3.26. The minimum Gasteiger partial charge on any atom is -0.360 e. The van der Waals surface area contributed by atoms with Crippen molar-refractivity contribution in [1.82, 2.24) is 15.0 Å². The monoisotopic (exact) mass is 391 g/mol. The first-order chi connectivity index (χ1) is 14.0. The molecule has 0 atom stereocenters. The number of nitrogens with one attached hydrogen (secondary N) is 1. The Morgan fingerprint density at radius 1 is 1.17 bits per heavy atom. The highest BCUT2D eigenvalue weighted by Crippen LogP contribution is 2.39. The SMILES string of the molecule is Cc1onc(-c2ccccc2)c1-c1[nH]c2ccc(F)cc2c1C(=O)CCN(C)C. The van der Waals surface area contributed by atoms with Crippen molar-refractivity contribution in [2.45, 2.75) is 13.3 Å². The lowest BCUT2D eigenvalue weighted by atomic mass is 9.97. The number of aryl methyl sites for hydroxylation is 1. The number of carbonyl (C=O) groups is 1. The molecule has 0 bridgehead atoms. The van der Waals surface area contributed by atoms with Crippen LogP contribution in [0, 0.1) is 12.7 Å². The van der Waals surface area contributed by atoms with Crippen LogP contribution in [0.15, 0.2) is 53.1 Å². The Kier molecular flexibility index (Phi) is 5.03. The van der Waals surface area contributed by atoms with Gasteiger partial charge in [0.05, 0.1) is 16.8 Å². The lowest BCUT2D eigenvalue weighted by Crippen LogP contribution is -2.17. The molecule has 2 aromatic carbocycles. The van der Waals surface area contributed by atoms with E-state index in [4.69, 9.17) is 4.52 Å². The van der Waals surface area contributed by atoms with E-state index < -0.39 is 0 Å². The quantitative estimate of drug-likeness (QED) is 0.466. The Hall–Kier alpha value is -3.25. The summed E-state index contributed by atoms with van der Waals surface area (Å²) < 4.78 is 19.5. The topological polar surface area (TPSA) is 62.1 Å². The highest BCUT2D eigenvalue weighted by molar-refractivity contribution is 6.14. The first kappa shape index (κ1) is 19.1. The molecule has 0 amide bonds. The van der Waals surface area contributed by atoms with E-state index in [2.05, 4.69) is 10.1 Å². The average molecular weight is 391 g/mol. The molecule has 2 heterocycles. The molecule has 4 aromatic rings. The molecule has 5 nitrogen and oxygen atoms in total. The summed E-state index contributed by atoms with van der Waals surface area (Å²) in [5.74, 6) is 0.165. The van der Waals surface area contributed by atoms with Gasteiger partial charge in [0.15, 0.2) is 5.78 Å². The number of hydrogen-bond acceptors (Lipinski definition) is 4. The number of Topliss-reactive ketones (excluding diaryl/α,β-unsaturated/α-hetero) is 1. The summed E-state index contributed by atoms with van der Waals surface area (Å²) in [6.07, 6.45) is 0.328. The van der Waals surface area contributed by atoms with Crippen LogP contribution in [0.4, 0.5) is 4.39 Å². The molecule has 6 heteroatoms. The number of aromatic nitrogens is 2. The van der Waals surface area contributed by atoms with Gasteiger partial charge in [-0.2, -0.15) is 0 Å². The molecule has 0 aliphatic heterocycles. The van der Waals surface area contributed by atoms with Gasteiger partial charge < -0.3 is 14.4 Å². The Bertz CT molecular complexity index is 1180. The number of halogens is 1. The van der Waals surface area contributed by atoms with Crippen molar-refractivity contribution in [2.24, 2.45) is 0 Å². The molecule has 0 saturated heterocycles. The van der Waals surface area contributed by atoms with Crippen molar-refractivity contribution in [1.29, 1.82) is 0 Å². The third kappa shape index (κ3) is 3.59. The summed E-state index contributed by atoms with van der Waals surface area (Å²) in [4.78, 5) is 18.5. The van der Waals surface area contributed by atoms with E-state index in [1.165, 1.54) is 12.1 Å². The van der Waals surface area contributed by atoms with Crippen molar-refractivity contribution in [3.63, 3.8) is 0 Å². The third-order valence-electron chi connectivity index (χ3n) is 4.99. The summed E-state index contributed by atoms with van der Waals surface area (Å²) >= 11 is 0. The molecule has 1 N–H and O–H groups in total. The van der Waals surface area contributed by atoms with Crippen LogP contribution < -0.4 is 0 Å². The number of benzene rings is 2. The molecule has 29 heavy (non-hydrogen) atoms. The van der Waals surface area contributed by atoms with Crippen LogP contribution in [0.2, 0.25) is 0 Å². The number of carbonyl (C=O) groups excluding carboxylic acids is 1. The molecule has 0 fully saturated rings. The fourth-order valence-corrected chi connectivity index (χ4v) is 3.55. The standard InChI is InChI=1S/C23H22FN3O2/c1-14-20(22(26-29-14)15-7-5-4-6-8-15)23-21(19(28)11-12-27(2)3)17-13-16(24)9-10-18(17)25-23/h4-10,13,25H,11-12H2,1-3H3. The second-order valence-electron chi connectivity index (χ2n) is 7.37. The zero-order valence-electron chi connectivity index (χ0n) is 16.6. The fourth-order valence-electron chi connectivity index (χ4n) is 3.55. The van der Waals surface area contributed by atoms with Crippen LogP contribution in [-0.2, 0) is 0 Å². The van der Waals surface area contributed by atoms with E-state index in [1.54, 1.807) is 6.07 Å². The predicted molar refractivity (Wildman–Crippen MR) is 111 cm³/mol. The molecule has 0 saturated carbocycles. The van der Waals surface area contributed by atoms with Crippen LogP contribution >= 0.6 is 0 Å². The van der Waals surface area contributed by atoms with Gasteiger partial charge in [0.2, 0.25) is 0 Å². The molecule has 148 valence electrons. The highest BCUT2D eigenvalue weighted by atomic mass is 19.1. The van der Waals surface area contributed by atoms with Gasteiger partial charge in [0, 0.05) is 29.4 Å². The summed E-state index contributed by atoms with van der Waals surface area (Å²) in [7, 11) is 3.83. The minimum absolute atomic E-state index is 0.0508. The first-order valence-electron chi connectivity index (χ1n) is 9.47. The molecule has 0 spiro atoms. The maximum absolute atomic E-state index is 14.0. The molecule has 0 radical (unpaired) electrons. The van der Waals surface area contributed by atoms with Gasteiger partial charge in [-0.25, -0.2) is 4.39 Å². The number of aromatic amines is 1. The van der Waals surface area contributed by atoms with E-state index in [9.17, 15) is 9.18 Å². The van der Waals surface area contributed by atoms with Crippen molar-refractivity contribution in [3.8, 4) is 22.5 Å². The number of H-pyrrole nitrogens is 1. The Morgan fingerprint density at radius 3 is 2.66 bits per heavy atom. The van der Waals surface area contributed by atoms with Gasteiger partial charge in [-0.1, -0.05) is 35.5 Å². The van der Waals surface area contributed by atoms with E-state index in [1.807, 2.05) is 56.3 Å². The second kappa shape index (κ2) is 7.64. The Morgan fingerprint density at radius 2 is 1.93 bits per heavy atom. The van der Waals surface area contributed by atoms with E-state index in [0.717, 1.165) is 11.1 Å². The van der Waals surface area contributed by atoms with Crippen LogP contribution in [0.3, 0.4) is 0 Å². The van der Waals surface area contributed by atoms with Crippen molar-refractivity contribution in [3.05, 3.63) is 65.7 Å². The van der Waals surface area contributed by atoms with Gasteiger partial charge in [-0.3, -0.25) is 4.79 Å². The molecule has 0 aliphatic carbocycles. The maximum Gasteiger partial charge on any atom is 0.166 e. The van der Waals surface area contributed by atoms with Gasteiger partial charge in [-0.15, -0.1) is 0 Å². The zero-order valence-corrected chi connectivity index (χ0v) is 16.6. The number of ketones is 1. The highest BCUT2D eigenvalue weighted by Gasteiger charge is 2.26. The molecular formula is C23H22FN3O2. The van der Waals surface area contributed by atoms with Crippen LogP contribution in [-0.4, -0.2) is 41.5 Å². The fraction of sp³-hybridized carbons (Fsp3) is 0.217. The van der Waals surface area contributed by atoms with Gasteiger partial charge in [0.25, 0.3) is 0 Å². The molecule has 4 rings (SSSR count). The number of hydrogen-bond donors (Lipinski definition) is 1. The lowest BCUT2D eigenvalue weighted by molar-refractivity contribution is 0.0975. The summed E-state index contributed by atoms with van der Waals surface area (Å²) in [6, 6.07) is 14.1.